The molecule has 1 heterocycles. The third-order valence-electron chi connectivity index (χ3n) is 3.19. The number of aliphatic imine (C=N–C) groups is 1. The van der Waals surface area contributed by atoms with E-state index in [4.69, 9.17) is 0 Å². The summed E-state index contributed by atoms with van der Waals surface area (Å²) in [4.78, 5) is 27.3. The van der Waals surface area contributed by atoms with Crippen LogP contribution in [0.15, 0.2) is 4.99 Å². The maximum absolute atomic E-state index is 11.6. The summed E-state index contributed by atoms with van der Waals surface area (Å²) in [6.45, 7) is 2.16. The molecular weight excluding hydrogens is 194 g/mol. The third-order valence-corrected chi connectivity index (χ3v) is 3.19. The van der Waals surface area contributed by atoms with Crippen LogP contribution in [0.5, 0.6) is 0 Å². The molecule has 0 aromatic heterocycles. The van der Waals surface area contributed by atoms with Crippen molar-refractivity contribution in [1.82, 2.24) is 0 Å². The van der Waals surface area contributed by atoms with Gasteiger partial charge in [0.25, 0.3) is 0 Å². The third kappa shape index (κ3) is 1.74. The highest BCUT2D eigenvalue weighted by Gasteiger charge is 2.50. The summed E-state index contributed by atoms with van der Waals surface area (Å²) < 4.78 is 0. The van der Waals surface area contributed by atoms with E-state index in [0.29, 0.717) is 0 Å². The number of ketones is 2. The summed E-state index contributed by atoms with van der Waals surface area (Å²) in [5, 5.41) is 9.71. The van der Waals surface area contributed by atoms with Gasteiger partial charge in [0, 0.05) is 12.3 Å². The summed E-state index contributed by atoms with van der Waals surface area (Å²) in [5.41, 5.74) is -0.654. The highest BCUT2D eigenvalue weighted by Crippen LogP contribution is 2.31. The zero-order valence-corrected chi connectivity index (χ0v) is 8.82. The van der Waals surface area contributed by atoms with Gasteiger partial charge in [-0.15, -0.1) is 0 Å². The molecule has 0 radical (unpaired) electrons. The fourth-order valence-electron chi connectivity index (χ4n) is 2.28. The van der Waals surface area contributed by atoms with Gasteiger partial charge in [0.1, 0.15) is 5.60 Å². The van der Waals surface area contributed by atoms with E-state index in [1.165, 1.54) is 6.92 Å². The number of carbonyl (C=O) groups is 2. The van der Waals surface area contributed by atoms with Gasteiger partial charge in [0.15, 0.2) is 0 Å². The molecule has 0 saturated heterocycles. The monoisotopic (exact) mass is 209 g/mol. The van der Waals surface area contributed by atoms with Crippen LogP contribution in [-0.2, 0) is 9.59 Å². The van der Waals surface area contributed by atoms with Gasteiger partial charge in [-0.1, -0.05) is 0 Å². The molecule has 1 N–H and O–H groups in total. The van der Waals surface area contributed by atoms with Crippen LogP contribution in [0.1, 0.15) is 32.6 Å². The lowest BCUT2D eigenvalue weighted by molar-refractivity contribution is -0.142. The predicted octanol–water partition coefficient (Wildman–Crippen LogP) is 0.520. The molecule has 2 aliphatic rings. The zero-order chi connectivity index (χ0) is 11.1. The zero-order valence-electron chi connectivity index (χ0n) is 8.82. The topological polar surface area (TPSA) is 66.7 Å². The molecule has 0 amide bonds. The van der Waals surface area contributed by atoms with E-state index < -0.39 is 23.1 Å². The van der Waals surface area contributed by atoms with Crippen LogP contribution in [0.25, 0.3) is 0 Å². The van der Waals surface area contributed by atoms with Crippen molar-refractivity contribution in [3.8, 4) is 0 Å². The normalized spacial score (nSPS) is 36.9. The molecule has 4 heteroatoms. The molecule has 0 aromatic carbocycles. The maximum Gasteiger partial charge on any atom is 0.230 e. The number of hydrogen-bond donors (Lipinski definition) is 1. The molecule has 1 fully saturated rings. The average molecular weight is 209 g/mol. The lowest BCUT2D eigenvalue weighted by Gasteiger charge is -2.17. The number of nitrogens with zero attached hydrogens (tertiary/aromatic N) is 1. The summed E-state index contributed by atoms with van der Waals surface area (Å²) in [6.07, 6.45) is 3.08. The van der Waals surface area contributed by atoms with Crippen molar-refractivity contribution in [3.05, 3.63) is 0 Å². The number of rotatable bonds is 1. The Morgan fingerprint density at radius 1 is 1.40 bits per heavy atom. The molecule has 2 atom stereocenters. The fraction of sp³-hybridized carbons (Fsp3) is 0.727. The number of aliphatic hydroxyl groups is 1. The Balaban J connectivity index is 2.22. The van der Waals surface area contributed by atoms with Crippen molar-refractivity contribution in [3.63, 3.8) is 0 Å². The first-order chi connectivity index (χ1) is 7.02. The Labute approximate surface area is 88.4 Å². The summed E-state index contributed by atoms with van der Waals surface area (Å²) >= 11 is 0. The average Bonchev–Trinajstić information content (AvgIpc) is 2.44. The SMILES string of the molecule is CC1(O)CC(C2=NCCCC2)C(=O)C1=O. The number of hydrogen-bond acceptors (Lipinski definition) is 4. The molecule has 15 heavy (non-hydrogen) atoms. The lowest BCUT2D eigenvalue weighted by atomic mass is 9.93. The summed E-state index contributed by atoms with van der Waals surface area (Å²) in [7, 11) is 0. The van der Waals surface area contributed by atoms with Gasteiger partial charge in [-0.2, -0.15) is 0 Å². The van der Waals surface area contributed by atoms with Crippen molar-refractivity contribution in [2.75, 3.05) is 6.54 Å². The molecule has 1 saturated carbocycles. The molecule has 82 valence electrons. The first-order valence-electron chi connectivity index (χ1n) is 5.36. The largest absolute Gasteiger partial charge is 0.382 e. The summed E-state index contributed by atoms with van der Waals surface area (Å²) in [5.74, 6) is -1.56. The van der Waals surface area contributed by atoms with Crippen LogP contribution < -0.4 is 0 Å². The minimum Gasteiger partial charge on any atom is -0.382 e. The van der Waals surface area contributed by atoms with Gasteiger partial charge < -0.3 is 5.11 Å². The van der Waals surface area contributed by atoms with E-state index in [-0.39, 0.29) is 6.42 Å². The van der Waals surface area contributed by atoms with Gasteiger partial charge in [-0.05, 0) is 32.6 Å². The molecule has 0 spiro atoms. The van der Waals surface area contributed by atoms with Crippen molar-refractivity contribution in [2.45, 2.75) is 38.2 Å². The van der Waals surface area contributed by atoms with Gasteiger partial charge in [0.2, 0.25) is 11.6 Å². The van der Waals surface area contributed by atoms with E-state index in [9.17, 15) is 14.7 Å². The minimum atomic E-state index is -1.47. The van der Waals surface area contributed by atoms with Crippen molar-refractivity contribution in [1.29, 1.82) is 0 Å². The van der Waals surface area contributed by atoms with Gasteiger partial charge in [0.05, 0.1) is 5.92 Å². The van der Waals surface area contributed by atoms with Crippen LogP contribution in [0, 0.1) is 5.92 Å². The Kier molecular flexibility index (Phi) is 2.46. The Bertz CT molecular complexity index is 344. The molecular formula is C11H15NO3. The number of Topliss-reactive ketones (excluding diaryl/α,β-unsaturated/α-hetero) is 2. The highest BCUT2D eigenvalue weighted by molar-refractivity contribution is 6.46. The lowest BCUT2D eigenvalue weighted by Crippen LogP contribution is -2.31. The van der Waals surface area contributed by atoms with E-state index in [1.54, 1.807) is 0 Å². The first kappa shape index (κ1) is 10.5. The molecule has 1 aliphatic heterocycles. The second-order valence-electron chi connectivity index (χ2n) is 4.55. The van der Waals surface area contributed by atoms with Crippen molar-refractivity contribution in [2.24, 2.45) is 10.9 Å². The van der Waals surface area contributed by atoms with Crippen molar-refractivity contribution >= 4 is 17.3 Å². The van der Waals surface area contributed by atoms with Gasteiger partial charge in [-0.3, -0.25) is 14.6 Å². The van der Waals surface area contributed by atoms with Crippen LogP contribution >= 0.6 is 0 Å². The first-order valence-corrected chi connectivity index (χ1v) is 5.36. The van der Waals surface area contributed by atoms with E-state index in [1.807, 2.05) is 0 Å². The van der Waals surface area contributed by atoms with Crippen LogP contribution in [0.2, 0.25) is 0 Å². The fourth-order valence-corrected chi connectivity index (χ4v) is 2.28. The van der Waals surface area contributed by atoms with E-state index in [0.717, 1.165) is 31.5 Å². The van der Waals surface area contributed by atoms with E-state index >= 15 is 0 Å². The van der Waals surface area contributed by atoms with Crippen LogP contribution in [-0.4, -0.2) is 34.5 Å². The smallest absolute Gasteiger partial charge is 0.230 e. The van der Waals surface area contributed by atoms with Crippen molar-refractivity contribution < 1.29 is 14.7 Å². The van der Waals surface area contributed by atoms with E-state index in [2.05, 4.69) is 4.99 Å². The molecule has 0 bridgehead atoms. The van der Waals surface area contributed by atoms with Gasteiger partial charge >= 0.3 is 0 Å². The second kappa shape index (κ2) is 3.52. The van der Waals surface area contributed by atoms with Crippen LogP contribution in [0.3, 0.4) is 0 Å². The Morgan fingerprint density at radius 2 is 2.13 bits per heavy atom. The number of carbonyl (C=O) groups excluding carboxylic acids is 2. The van der Waals surface area contributed by atoms with Crippen LogP contribution in [0.4, 0.5) is 0 Å². The predicted molar refractivity (Wildman–Crippen MR) is 54.9 cm³/mol. The minimum absolute atomic E-state index is 0.212. The quantitative estimate of drug-likeness (QED) is 0.640. The molecule has 2 unspecified atom stereocenters. The molecule has 2 rings (SSSR count). The second-order valence-corrected chi connectivity index (χ2v) is 4.55. The summed E-state index contributed by atoms with van der Waals surface area (Å²) in [6, 6.07) is 0. The molecule has 4 nitrogen and oxygen atoms in total. The Morgan fingerprint density at radius 3 is 2.60 bits per heavy atom. The van der Waals surface area contributed by atoms with Gasteiger partial charge in [-0.25, -0.2) is 0 Å². The maximum atomic E-state index is 11.6. The standard InChI is InChI=1S/C11H15NO3/c1-11(15)6-7(9(13)10(11)14)8-4-2-3-5-12-8/h7,15H,2-6H2,1H3. The Hall–Kier alpha value is -1.03. The molecule has 0 aromatic rings. The highest BCUT2D eigenvalue weighted by atomic mass is 16.3. The molecule has 1 aliphatic carbocycles.